The Kier molecular flexibility index (Phi) is 3.63. The molecule has 118 valence electrons. The Labute approximate surface area is 134 Å². The van der Waals surface area contributed by atoms with Crippen LogP contribution in [0.25, 0.3) is 22.3 Å². The molecular weight excluding hydrogens is 290 g/mol. The molecule has 0 spiro atoms. The van der Waals surface area contributed by atoms with Crippen molar-refractivity contribution in [2.45, 2.75) is 13.3 Å². The molecule has 4 rings (SSSR count). The average molecular weight is 309 g/mol. The van der Waals surface area contributed by atoms with E-state index in [1.165, 1.54) is 0 Å². The van der Waals surface area contributed by atoms with Gasteiger partial charge in [0.05, 0.1) is 11.7 Å². The highest BCUT2D eigenvalue weighted by Gasteiger charge is 2.14. The zero-order valence-electron chi connectivity index (χ0n) is 13.1. The maximum absolute atomic E-state index is 4.71. The maximum Gasteiger partial charge on any atom is 0.183 e. The standard InChI is InChI=1S/C16H19N7/c1-2-13-12-9-11(3-4-14(12)21-20-13)16-19-15(10-18-22-16)23-7-5-17-6-8-23/h3-4,9-10,17H,2,5-8H2,1H3,(H,20,21). The summed E-state index contributed by atoms with van der Waals surface area (Å²) in [6, 6.07) is 6.10. The Morgan fingerprint density at radius 2 is 2.09 bits per heavy atom. The lowest BCUT2D eigenvalue weighted by Gasteiger charge is -2.28. The monoisotopic (exact) mass is 309 g/mol. The zero-order chi connectivity index (χ0) is 15.6. The molecule has 0 bridgehead atoms. The van der Waals surface area contributed by atoms with E-state index in [1.54, 1.807) is 6.20 Å². The van der Waals surface area contributed by atoms with E-state index < -0.39 is 0 Å². The molecule has 0 unspecified atom stereocenters. The maximum atomic E-state index is 4.71. The molecule has 23 heavy (non-hydrogen) atoms. The molecule has 3 heterocycles. The molecule has 2 aromatic heterocycles. The fourth-order valence-corrected chi connectivity index (χ4v) is 2.94. The number of anilines is 1. The van der Waals surface area contributed by atoms with E-state index in [1.807, 2.05) is 12.1 Å². The number of rotatable bonds is 3. The molecule has 1 fully saturated rings. The van der Waals surface area contributed by atoms with Crippen molar-refractivity contribution in [2.75, 3.05) is 31.1 Å². The summed E-state index contributed by atoms with van der Waals surface area (Å²) in [5.74, 6) is 1.55. The number of fused-ring (bicyclic) bond motifs is 1. The van der Waals surface area contributed by atoms with Crippen molar-refractivity contribution in [3.8, 4) is 11.4 Å². The van der Waals surface area contributed by atoms with Gasteiger partial charge in [0.25, 0.3) is 0 Å². The van der Waals surface area contributed by atoms with E-state index in [2.05, 4.69) is 43.6 Å². The van der Waals surface area contributed by atoms with Gasteiger partial charge >= 0.3 is 0 Å². The van der Waals surface area contributed by atoms with E-state index in [-0.39, 0.29) is 0 Å². The summed E-state index contributed by atoms with van der Waals surface area (Å²) in [7, 11) is 0. The molecule has 7 heteroatoms. The molecule has 0 amide bonds. The van der Waals surface area contributed by atoms with Gasteiger partial charge < -0.3 is 10.2 Å². The largest absolute Gasteiger partial charge is 0.353 e. The molecule has 1 aromatic carbocycles. The summed E-state index contributed by atoms with van der Waals surface area (Å²) in [4.78, 5) is 6.95. The first-order valence-electron chi connectivity index (χ1n) is 7.98. The van der Waals surface area contributed by atoms with E-state index in [4.69, 9.17) is 4.98 Å². The molecule has 0 saturated carbocycles. The van der Waals surface area contributed by atoms with Crippen LogP contribution in [0.5, 0.6) is 0 Å². The van der Waals surface area contributed by atoms with Crippen molar-refractivity contribution >= 4 is 16.7 Å². The molecule has 2 N–H and O–H groups in total. The number of piperazine rings is 1. The number of hydrogen-bond donors (Lipinski definition) is 2. The Balaban J connectivity index is 1.72. The van der Waals surface area contributed by atoms with Crippen LogP contribution in [-0.2, 0) is 6.42 Å². The predicted molar refractivity (Wildman–Crippen MR) is 89.4 cm³/mol. The summed E-state index contributed by atoms with van der Waals surface area (Å²) in [5.41, 5.74) is 3.07. The number of aryl methyl sites for hydroxylation is 1. The minimum Gasteiger partial charge on any atom is -0.353 e. The van der Waals surface area contributed by atoms with E-state index in [9.17, 15) is 0 Å². The summed E-state index contributed by atoms with van der Waals surface area (Å²) in [6.07, 6.45) is 2.66. The summed E-state index contributed by atoms with van der Waals surface area (Å²) >= 11 is 0. The second-order valence-electron chi connectivity index (χ2n) is 5.66. The van der Waals surface area contributed by atoms with Crippen molar-refractivity contribution in [1.29, 1.82) is 0 Å². The quantitative estimate of drug-likeness (QED) is 0.761. The van der Waals surface area contributed by atoms with Gasteiger partial charge in [-0.2, -0.15) is 10.2 Å². The van der Waals surface area contributed by atoms with Gasteiger partial charge in [0, 0.05) is 42.8 Å². The van der Waals surface area contributed by atoms with Crippen molar-refractivity contribution < 1.29 is 0 Å². The first-order valence-corrected chi connectivity index (χ1v) is 7.98. The molecule has 0 radical (unpaired) electrons. The van der Waals surface area contributed by atoms with Crippen LogP contribution in [0.4, 0.5) is 5.82 Å². The number of benzene rings is 1. The predicted octanol–water partition coefficient (Wildman–Crippen LogP) is 1.39. The van der Waals surface area contributed by atoms with Gasteiger partial charge in [0.15, 0.2) is 11.6 Å². The Bertz CT molecular complexity index is 820. The highest BCUT2D eigenvalue weighted by Crippen LogP contribution is 2.24. The van der Waals surface area contributed by atoms with Gasteiger partial charge in [0.2, 0.25) is 0 Å². The lowest BCUT2D eigenvalue weighted by molar-refractivity contribution is 0.583. The van der Waals surface area contributed by atoms with Crippen LogP contribution in [0.15, 0.2) is 24.4 Å². The van der Waals surface area contributed by atoms with E-state index in [0.29, 0.717) is 5.82 Å². The molecule has 1 aliphatic heterocycles. The van der Waals surface area contributed by atoms with Crippen LogP contribution in [0.1, 0.15) is 12.6 Å². The number of nitrogens with zero attached hydrogens (tertiary/aromatic N) is 5. The third-order valence-corrected chi connectivity index (χ3v) is 4.23. The molecular formula is C16H19N7. The number of aromatic amines is 1. The molecule has 7 nitrogen and oxygen atoms in total. The normalized spacial score (nSPS) is 15.3. The van der Waals surface area contributed by atoms with Crippen LogP contribution in [0, 0.1) is 0 Å². The minimum absolute atomic E-state index is 0.659. The van der Waals surface area contributed by atoms with Crippen molar-refractivity contribution in [1.82, 2.24) is 30.7 Å². The van der Waals surface area contributed by atoms with Crippen molar-refractivity contribution in [2.24, 2.45) is 0 Å². The third-order valence-electron chi connectivity index (χ3n) is 4.23. The first-order chi connectivity index (χ1) is 11.3. The van der Waals surface area contributed by atoms with E-state index >= 15 is 0 Å². The van der Waals surface area contributed by atoms with Crippen molar-refractivity contribution in [3.05, 3.63) is 30.1 Å². The van der Waals surface area contributed by atoms with Crippen LogP contribution in [-0.4, -0.2) is 51.6 Å². The summed E-state index contributed by atoms with van der Waals surface area (Å²) in [6.45, 7) is 5.95. The summed E-state index contributed by atoms with van der Waals surface area (Å²) in [5, 5.41) is 20.2. The Hall–Kier alpha value is -2.54. The summed E-state index contributed by atoms with van der Waals surface area (Å²) < 4.78 is 0. The first kappa shape index (κ1) is 14.1. The topological polar surface area (TPSA) is 82.6 Å². The molecule has 1 aliphatic rings. The zero-order valence-corrected chi connectivity index (χ0v) is 13.1. The van der Waals surface area contributed by atoms with Gasteiger partial charge in [-0.15, -0.1) is 5.10 Å². The number of H-pyrrole nitrogens is 1. The highest BCUT2D eigenvalue weighted by molar-refractivity contribution is 5.85. The second-order valence-corrected chi connectivity index (χ2v) is 5.66. The van der Waals surface area contributed by atoms with Crippen LogP contribution in [0.3, 0.4) is 0 Å². The van der Waals surface area contributed by atoms with Gasteiger partial charge in [-0.1, -0.05) is 6.92 Å². The third kappa shape index (κ3) is 2.63. The minimum atomic E-state index is 0.659. The number of nitrogens with one attached hydrogen (secondary N) is 2. The van der Waals surface area contributed by atoms with Crippen LogP contribution >= 0.6 is 0 Å². The second kappa shape index (κ2) is 5.92. The molecule has 0 atom stereocenters. The van der Waals surface area contributed by atoms with Crippen LogP contribution in [0.2, 0.25) is 0 Å². The Morgan fingerprint density at radius 1 is 1.22 bits per heavy atom. The fraction of sp³-hybridized carbons (Fsp3) is 0.375. The fourth-order valence-electron chi connectivity index (χ4n) is 2.94. The molecule has 0 aliphatic carbocycles. The SMILES string of the molecule is CCc1[nH]nc2ccc(-c3nncc(N4CCNCC4)n3)cc12. The van der Waals surface area contributed by atoms with Crippen molar-refractivity contribution in [3.63, 3.8) is 0 Å². The number of hydrogen-bond acceptors (Lipinski definition) is 6. The smallest absolute Gasteiger partial charge is 0.183 e. The number of aromatic nitrogens is 5. The lowest BCUT2D eigenvalue weighted by Crippen LogP contribution is -2.44. The van der Waals surface area contributed by atoms with Gasteiger partial charge in [-0.25, -0.2) is 4.98 Å². The van der Waals surface area contributed by atoms with Crippen LogP contribution < -0.4 is 10.2 Å². The van der Waals surface area contributed by atoms with Gasteiger partial charge in [0.1, 0.15) is 0 Å². The highest BCUT2D eigenvalue weighted by atomic mass is 15.3. The average Bonchev–Trinajstić information content (AvgIpc) is 3.05. The van der Waals surface area contributed by atoms with E-state index in [0.717, 1.165) is 60.6 Å². The van der Waals surface area contributed by atoms with Gasteiger partial charge in [-0.05, 0) is 24.6 Å². The van der Waals surface area contributed by atoms with Gasteiger partial charge in [-0.3, -0.25) is 5.10 Å². The lowest BCUT2D eigenvalue weighted by atomic mass is 10.1. The molecule has 3 aromatic rings. The Morgan fingerprint density at radius 3 is 2.91 bits per heavy atom. The molecule has 1 saturated heterocycles.